The highest BCUT2D eigenvalue weighted by Gasteiger charge is 2.35. The molecular weight excluding hydrogens is 290 g/mol. The summed E-state index contributed by atoms with van der Waals surface area (Å²) >= 11 is 0. The molecular formula is C15H17NO6. The molecule has 3 rings (SSSR count). The van der Waals surface area contributed by atoms with Gasteiger partial charge in [0.15, 0.2) is 11.5 Å². The molecule has 0 unspecified atom stereocenters. The molecule has 7 heteroatoms. The van der Waals surface area contributed by atoms with Crippen molar-refractivity contribution < 1.29 is 28.9 Å². The Labute approximate surface area is 127 Å². The summed E-state index contributed by atoms with van der Waals surface area (Å²) in [4.78, 5) is 25.2. The first kappa shape index (κ1) is 14.5. The SMILES string of the molecule is COc1cc(C(=O)N2CCC[C@@H]2C(=O)O)cc2c1OCCO2. The molecule has 118 valence electrons. The van der Waals surface area contributed by atoms with E-state index < -0.39 is 12.0 Å². The van der Waals surface area contributed by atoms with Gasteiger partial charge in [0.25, 0.3) is 5.91 Å². The smallest absolute Gasteiger partial charge is 0.326 e. The van der Waals surface area contributed by atoms with Crippen molar-refractivity contribution in [2.24, 2.45) is 0 Å². The van der Waals surface area contributed by atoms with Gasteiger partial charge in [0.2, 0.25) is 5.75 Å². The fourth-order valence-corrected chi connectivity index (χ4v) is 2.83. The average molecular weight is 307 g/mol. The van der Waals surface area contributed by atoms with Crippen LogP contribution < -0.4 is 14.2 Å². The van der Waals surface area contributed by atoms with Crippen LogP contribution in [0.4, 0.5) is 0 Å². The summed E-state index contributed by atoms with van der Waals surface area (Å²) in [5.41, 5.74) is 0.342. The van der Waals surface area contributed by atoms with Crippen LogP contribution in [0.2, 0.25) is 0 Å². The van der Waals surface area contributed by atoms with Gasteiger partial charge >= 0.3 is 5.97 Å². The topological polar surface area (TPSA) is 85.3 Å². The lowest BCUT2D eigenvalue weighted by molar-refractivity contribution is -0.141. The van der Waals surface area contributed by atoms with E-state index in [-0.39, 0.29) is 5.91 Å². The highest BCUT2D eigenvalue weighted by molar-refractivity contribution is 5.98. The van der Waals surface area contributed by atoms with Gasteiger partial charge in [-0.15, -0.1) is 0 Å². The zero-order valence-electron chi connectivity index (χ0n) is 12.2. The molecule has 0 radical (unpaired) electrons. The number of carboxylic acids is 1. The summed E-state index contributed by atoms with van der Waals surface area (Å²) in [6.45, 7) is 1.26. The largest absolute Gasteiger partial charge is 0.493 e. The molecule has 1 aromatic carbocycles. The maximum atomic E-state index is 12.6. The van der Waals surface area contributed by atoms with Crippen LogP contribution >= 0.6 is 0 Å². The Kier molecular flexibility index (Phi) is 3.79. The van der Waals surface area contributed by atoms with Crippen molar-refractivity contribution in [1.82, 2.24) is 4.90 Å². The van der Waals surface area contributed by atoms with E-state index in [0.717, 1.165) is 0 Å². The van der Waals surface area contributed by atoms with Gasteiger partial charge < -0.3 is 24.2 Å². The minimum atomic E-state index is -0.977. The van der Waals surface area contributed by atoms with Gasteiger partial charge in [0.05, 0.1) is 7.11 Å². The van der Waals surface area contributed by atoms with E-state index >= 15 is 0 Å². The van der Waals surface area contributed by atoms with Crippen LogP contribution in [0.5, 0.6) is 17.2 Å². The first-order valence-corrected chi connectivity index (χ1v) is 7.13. The lowest BCUT2D eigenvalue weighted by Crippen LogP contribution is -2.40. The monoisotopic (exact) mass is 307 g/mol. The molecule has 0 aromatic heterocycles. The Bertz CT molecular complexity index is 597. The maximum absolute atomic E-state index is 12.6. The molecule has 7 nitrogen and oxygen atoms in total. The number of ether oxygens (including phenoxy) is 3. The maximum Gasteiger partial charge on any atom is 0.326 e. The number of rotatable bonds is 3. The number of likely N-dealkylation sites (tertiary alicyclic amines) is 1. The van der Waals surface area contributed by atoms with Crippen LogP contribution in [0.3, 0.4) is 0 Å². The van der Waals surface area contributed by atoms with E-state index in [9.17, 15) is 14.7 Å². The molecule has 2 heterocycles. The van der Waals surface area contributed by atoms with Gasteiger partial charge in [-0.1, -0.05) is 0 Å². The molecule has 1 aromatic rings. The second-order valence-corrected chi connectivity index (χ2v) is 5.20. The number of hydrogen-bond acceptors (Lipinski definition) is 5. The predicted molar refractivity (Wildman–Crippen MR) is 75.7 cm³/mol. The molecule has 22 heavy (non-hydrogen) atoms. The van der Waals surface area contributed by atoms with Crippen LogP contribution in [0.15, 0.2) is 12.1 Å². The van der Waals surface area contributed by atoms with Crippen molar-refractivity contribution in [2.75, 3.05) is 26.9 Å². The molecule has 1 N–H and O–H groups in total. The molecule has 1 atom stereocenters. The third-order valence-electron chi connectivity index (χ3n) is 3.87. The molecule has 0 aliphatic carbocycles. The number of aliphatic carboxylic acids is 1. The number of fused-ring (bicyclic) bond motifs is 1. The quantitative estimate of drug-likeness (QED) is 0.902. The molecule has 0 bridgehead atoms. The first-order chi connectivity index (χ1) is 10.6. The molecule has 1 fully saturated rings. The minimum Gasteiger partial charge on any atom is -0.493 e. The fourth-order valence-electron chi connectivity index (χ4n) is 2.83. The number of methoxy groups -OCH3 is 1. The van der Waals surface area contributed by atoms with Gasteiger partial charge in [0.1, 0.15) is 19.3 Å². The molecule has 1 amide bonds. The Hall–Kier alpha value is -2.44. The molecule has 0 spiro atoms. The lowest BCUT2D eigenvalue weighted by atomic mass is 10.1. The van der Waals surface area contributed by atoms with Crippen molar-refractivity contribution in [2.45, 2.75) is 18.9 Å². The van der Waals surface area contributed by atoms with Gasteiger partial charge in [0, 0.05) is 12.1 Å². The summed E-state index contributed by atoms with van der Waals surface area (Å²) < 4.78 is 16.2. The normalized spacial score (nSPS) is 19.9. The fraction of sp³-hybridized carbons (Fsp3) is 0.467. The van der Waals surface area contributed by atoms with Crippen LogP contribution in [-0.2, 0) is 4.79 Å². The molecule has 2 aliphatic heterocycles. The standard InChI is InChI=1S/C15H17NO6/c1-20-11-7-9(8-12-13(11)22-6-5-21-12)14(17)16-4-2-3-10(16)15(18)19/h7-8,10H,2-6H2,1H3,(H,18,19)/t10-/m1/s1. The predicted octanol–water partition coefficient (Wildman–Crippen LogP) is 1.16. The summed E-state index contributed by atoms with van der Waals surface area (Å²) in [7, 11) is 1.48. The number of carbonyl (C=O) groups is 2. The highest BCUT2D eigenvalue weighted by atomic mass is 16.6. The van der Waals surface area contributed by atoms with Crippen molar-refractivity contribution in [3.05, 3.63) is 17.7 Å². The number of amides is 1. The van der Waals surface area contributed by atoms with Gasteiger partial charge in [-0.3, -0.25) is 4.79 Å². The number of nitrogens with zero attached hydrogens (tertiary/aromatic N) is 1. The van der Waals surface area contributed by atoms with Crippen molar-refractivity contribution >= 4 is 11.9 Å². The number of hydrogen-bond donors (Lipinski definition) is 1. The van der Waals surface area contributed by atoms with Crippen molar-refractivity contribution in [3.63, 3.8) is 0 Å². The van der Waals surface area contributed by atoms with Gasteiger partial charge in [-0.05, 0) is 25.0 Å². The third-order valence-corrected chi connectivity index (χ3v) is 3.87. The van der Waals surface area contributed by atoms with Crippen LogP contribution in [0, 0.1) is 0 Å². The minimum absolute atomic E-state index is 0.333. The Morgan fingerprint density at radius 2 is 2.09 bits per heavy atom. The van der Waals surface area contributed by atoms with Gasteiger partial charge in [-0.2, -0.15) is 0 Å². The number of benzene rings is 1. The van der Waals surface area contributed by atoms with Crippen LogP contribution in [-0.4, -0.2) is 54.8 Å². The second kappa shape index (κ2) is 5.75. The number of carboxylic acid groups (broad SMARTS) is 1. The Morgan fingerprint density at radius 3 is 2.82 bits per heavy atom. The van der Waals surface area contributed by atoms with E-state index in [1.54, 1.807) is 12.1 Å². The van der Waals surface area contributed by atoms with Gasteiger partial charge in [-0.25, -0.2) is 4.79 Å². The van der Waals surface area contributed by atoms with E-state index in [0.29, 0.717) is 55.4 Å². The molecule has 2 aliphatic rings. The summed E-state index contributed by atoms with van der Waals surface area (Å²) in [6.07, 6.45) is 1.16. The first-order valence-electron chi connectivity index (χ1n) is 7.13. The van der Waals surface area contributed by atoms with Crippen molar-refractivity contribution in [3.8, 4) is 17.2 Å². The Morgan fingerprint density at radius 1 is 1.32 bits per heavy atom. The third kappa shape index (κ3) is 2.43. The van der Waals surface area contributed by atoms with E-state index in [2.05, 4.69) is 0 Å². The van der Waals surface area contributed by atoms with Crippen molar-refractivity contribution in [1.29, 1.82) is 0 Å². The zero-order valence-corrected chi connectivity index (χ0v) is 12.2. The molecule has 0 saturated carbocycles. The Balaban J connectivity index is 1.94. The lowest BCUT2D eigenvalue weighted by Gasteiger charge is -2.24. The van der Waals surface area contributed by atoms with Crippen LogP contribution in [0.1, 0.15) is 23.2 Å². The summed E-state index contributed by atoms with van der Waals surface area (Å²) in [5.74, 6) is 0.0173. The average Bonchev–Trinajstić information content (AvgIpc) is 3.02. The van der Waals surface area contributed by atoms with E-state index in [1.807, 2.05) is 0 Å². The zero-order chi connectivity index (χ0) is 15.7. The summed E-state index contributed by atoms with van der Waals surface area (Å²) in [5, 5.41) is 9.21. The van der Waals surface area contributed by atoms with E-state index in [1.165, 1.54) is 12.0 Å². The summed E-state index contributed by atoms with van der Waals surface area (Å²) in [6, 6.07) is 2.37. The van der Waals surface area contributed by atoms with E-state index in [4.69, 9.17) is 14.2 Å². The second-order valence-electron chi connectivity index (χ2n) is 5.20. The van der Waals surface area contributed by atoms with Crippen LogP contribution in [0.25, 0.3) is 0 Å². The molecule has 1 saturated heterocycles. The number of carbonyl (C=O) groups excluding carboxylic acids is 1. The highest BCUT2D eigenvalue weighted by Crippen LogP contribution is 2.40.